The number of rotatable bonds is 5. The maximum absolute atomic E-state index is 6.08. The topological polar surface area (TPSA) is 12.0 Å². The molecule has 0 amide bonds. The second kappa shape index (κ2) is 6.15. The molecule has 0 aliphatic rings. The Bertz CT molecular complexity index is 353. The summed E-state index contributed by atoms with van der Waals surface area (Å²) in [5.41, 5.74) is 1.05. The van der Waals surface area contributed by atoms with Crippen LogP contribution in [0.3, 0.4) is 0 Å². The number of hydrogen-bond donors (Lipinski definition) is 1. The fraction of sp³-hybridized carbons (Fsp3) is 0.500. The Morgan fingerprint density at radius 1 is 1.31 bits per heavy atom. The van der Waals surface area contributed by atoms with Gasteiger partial charge in [-0.3, -0.25) is 0 Å². The number of benzene rings is 1. The van der Waals surface area contributed by atoms with Gasteiger partial charge in [0.1, 0.15) is 0 Å². The largest absolute Gasteiger partial charge is 0.311 e. The second-order valence-corrected chi connectivity index (χ2v) is 6.66. The highest BCUT2D eigenvalue weighted by Gasteiger charge is 2.15. The van der Waals surface area contributed by atoms with Gasteiger partial charge in [-0.2, -0.15) is 11.8 Å². The standard InChI is InChI=1S/C12H17Cl2NS/c1-12(2,16-3)8-15-7-9-6-10(13)4-5-11(9)14/h4-6,15H,7-8H2,1-3H3. The maximum atomic E-state index is 6.08. The minimum absolute atomic E-state index is 0.241. The van der Waals surface area contributed by atoms with Crippen LogP contribution in [0.25, 0.3) is 0 Å². The molecule has 1 nitrogen and oxygen atoms in total. The van der Waals surface area contributed by atoms with Gasteiger partial charge in [0, 0.05) is 27.9 Å². The van der Waals surface area contributed by atoms with Gasteiger partial charge in [0.2, 0.25) is 0 Å². The molecule has 0 heterocycles. The third kappa shape index (κ3) is 4.54. The molecule has 0 aliphatic heterocycles. The van der Waals surface area contributed by atoms with E-state index >= 15 is 0 Å². The second-order valence-electron chi connectivity index (χ2n) is 4.30. The number of nitrogens with one attached hydrogen (secondary N) is 1. The van der Waals surface area contributed by atoms with Crippen molar-refractivity contribution in [3.05, 3.63) is 33.8 Å². The molecule has 0 unspecified atom stereocenters. The monoisotopic (exact) mass is 277 g/mol. The summed E-state index contributed by atoms with van der Waals surface area (Å²) in [6, 6.07) is 5.54. The Morgan fingerprint density at radius 2 is 2.00 bits per heavy atom. The average molecular weight is 278 g/mol. The summed E-state index contributed by atoms with van der Waals surface area (Å²) in [6.45, 7) is 6.12. The normalized spacial score (nSPS) is 11.8. The number of hydrogen-bond acceptors (Lipinski definition) is 2. The average Bonchev–Trinajstić information content (AvgIpc) is 2.23. The first-order valence-corrected chi connectivity index (χ1v) is 7.12. The fourth-order valence-corrected chi connectivity index (χ4v) is 1.87. The lowest BCUT2D eigenvalue weighted by Crippen LogP contribution is -2.31. The Labute approximate surface area is 112 Å². The van der Waals surface area contributed by atoms with Gasteiger partial charge in [-0.05, 0) is 43.9 Å². The predicted octanol–water partition coefficient (Wildman–Crippen LogP) is 4.22. The molecule has 0 saturated carbocycles. The number of halogens is 2. The molecule has 1 aromatic carbocycles. The van der Waals surface area contributed by atoms with E-state index in [2.05, 4.69) is 25.4 Å². The van der Waals surface area contributed by atoms with Crippen LogP contribution in [0.1, 0.15) is 19.4 Å². The van der Waals surface area contributed by atoms with Crippen LogP contribution < -0.4 is 5.32 Å². The lowest BCUT2D eigenvalue weighted by atomic mass is 10.2. The molecule has 0 atom stereocenters. The van der Waals surface area contributed by atoms with Crippen LogP contribution in [-0.2, 0) is 6.54 Å². The Balaban J connectivity index is 2.52. The van der Waals surface area contributed by atoms with E-state index in [4.69, 9.17) is 23.2 Å². The summed E-state index contributed by atoms with van der Waals surface area (Å²) >= 11 is 13.8. The first kappa shape index (κ1) is 14.2. The van der Waals surface area contributed by atoms with Crippen molar-refractivity contribution in [1.29, 1.82) is 0 Å². The summed E-state index contributed by atoms with van der Waals surface area (Å²) < 4.78 is 0.241. The lowest BCUT2D eigenvalue weighted by molar-refractivity contribution is 0.591. The van der Waals surface area contributed by atoms with E-state index in [-0.39, 0.29) is 4.75 Å². The maximum Gasteiger partial charge on any atom is 0.0451 e. The van der Waals surface area contributed by atoms with Crippen LogP contribution >= 0.6 is 35.0 Å². The van der Waals surface area contributed by atoms with Crippen molar-refractivity contribution < 1.29 is 0 Å². The van der Waals surface area contributed by atoms with Crippen LogP contribution in [0.2, 0.25) is 10.0 Å². The summed E-state index contributed by atoms with van der Waals surface area (Å²) in [7, 11) is 0. The molecule has 0 bridgehead atoms. The SMILES string of the molecule is CSC(C)(C)CNCc1cc(Cl)ccc1Cl. The predicted molar refractivity (Wildman–Crippen MR) is 75.8 cm³/mol. The van der Waals surface area contributed by atoms with Gasteiger partial charge in [-0.15, -0.1) is 0 Å². The molecule has 0 aromatic heterocycles. The van der Waals surface area contributed by atoms with Gasteiger partial charge in [-0.25, -0.2) is 0 Å². The third-order valence-electron chi connectivity index (χ3n) is 2.43. The quantitative estimate of drug-likeness (QED) is 0.865. The number of thioether (sulfide) groups is 1. The first-order chi connectivity index (χ1) is 7.44. The van der Waals surface area contributed by atoms with Crippen molar-refractivity contribution in [3.63, 3.8) is 0 Å². The van der Waals surface area contributed by atoms with Crippen molar-refractivity contribution in [2.45, 2.75) is 25.1 Å². The van der Waals surface area contributed by atoms with E-state index < -0.39 is 0 Å². The van der Waals surface area contributed by atoms with Crippen LogP contribution in [0, 0.1) is 0 Å². The molecule has 4 heteroatoms. The summed E-state index contributed by atoms with van der Waals surface area (Å²) in [6.07, 6.45) is 2.12. The molecule has 1 aromatic rings. The zero-order chi connectivity index (χ0) is 12.2. The third-order valence-corrected chi connectivity index (χ3v) is 4.28. The van der Waals surface area contributed by atoms with Crippen molar-refractivity contribution in [3.8, 4) is 0 Å². The molecule has 90 valence electrons. The fourth-order valence-electron chi connectivity index (χ4n) is 1.25. The smallest absolute Gasteiger partial charge is 0.0451 e. The molecule has 0 spiro atoms. The Kier molecular flexibility index (Phi) is 5.45. The van der Waals surface area contributed by atoms with Gasteiger partial charge in [0.15, 0.2) is 0 Å². The van der Waals surface area contributed by atoms with Gasteiger partial charge in [0.05, 0.1) is 0 Å². The van der Waals surface area contributed by atoms with Gasteiger partial charge in [0.25, 0.3) is 0 Å². The molecule has 0 fully saturated rings. The zero-order valence-corrected chi connectivity index (χ0v) is 12.1. The molecular formula is C12H17Cl2NS. The van der Waals surface area contributed by atoms with E-state index in [1.165, 1.54) is 0 Å². The van der Waals surface area contributed by atoms with Crippen molar-refractivity contribution >= 4 is 35.0 Å². The van der Waals surface area contributed by atoms with Crippen molar-refractivity contribution in [2.75, 3.05) is 12.8 Å². The van der Waals surface area contributed by atoms with Crippen LogP contribution in [0.5, 0.6) is 0 Å². The van der Waals surface area contributed by atoms with Gasteiger partial charge in [-0.1, -0.05) is 23.2 Å². The highest BCUT2D eigenvalue weighted by Crippen LogP contribution is 2.22. The highest BCUT2D eigenvalue weighted by atomic mass is 35.5. The van der Waals surface area contributed by atoms with Crippen LogP contribution in [0.4, 0.5) is 0 Å². The molecule has 0 aliphatic carbocycles. The first-order valence-electron chi connectivity index (χ1n) is 5.14. The van der Waals surface area contributed by atoms with E-state index in [1.807, 2.05) is 23.9 Å². The van der Waals surface area contributed by atoms with E-state index in [0.29, 0.717) is 0 Å². The molecule has 16 heavy (non-hydrogen) atoms. The Hall–Kier alpha value is 0.110. The Morgan fingerprint density at radius 3 is 2.62 bits per heavy atom. The summed E-state index contributed by atoms with van der Waals surface area (Å²) in [5, 5.41) is 4.89. The van der Waals surface area contributed by atoms with Crippen LogP contribution in [0.15, 0.2) is 18.2 Å². The van der Waals surface area contributed by atoms with E-state index in [0.717, 1.165) is 28.7 Å². The van der Waals surface area contributed by atoms with Gasteiger partial charge < -0.3 is 5.32 Å². The molecular weight excluding hydrogens is 261 g/mol. The zero-order valence-electron chi connectivity index (χ0n) is 9.81. The molecule has 0 radical (unpaired) electrons. The highest BCUT2D eigenvalue weighted by molar-refractivity contribution is 7.99. The minimum Gasteiger partial charge on any atom is -0.311 e. The van der Waals surface area contributed by atoms with E-state index in [1.54, 1.807) is 6.07 Å². The van der Waals surface area contributed by atoms with Crippen LogP contribution in [-0.4, -0.2) is 17.5 Å². The summed E-state index contributed by atoms with van der Waals surface area (Å²) in [4.78, 5) is 0. The molecule has 1 rings (SSSR count). The molecule has 0 saturated heterocycles. The molecule has 1 N–H and O–H groups in total. The lowest BCUT2D eigenvalue weighted by Gasteiger charge is -2.22. The van der Waals surface area contributed by atoms with Gasteiger partial charge >= 0.3 is 0 Å². The van der Waals surface area contributed by atoms with Crippen molar-refractivity contribution in [2.24, 2.45) is 0 Å². The van der Waals surface area contributed by atoms with Crippen molar-refractivity contribution in [1.82, 2.24) is 5.32 Å². The summed E-state index contributed by atoms with van der Waals surface area (Å²) in [5.74, 6) is 0. The van der Waals surface area contributed by atoms with E-state index in [9.17, 15) is 0 Å². The minimum atomic E-state index is 0.241.